The molecule has 1 aromatic carbocycles. The van der Waals surface area contributed by atoms with E-state index in [1.165, 1.54) is 23.5 Å². The maximum atomic E-state index is 12.5. The minimum absolute atomic E-state index is 0.116. The first kappa shape index (κ1) is 14.9. The second kappa shape index (κ2) is 5.87. The van der Waals surface area contributed by atoms with E-state index < -0.39 is 10.0 Å². The van der Waals surface area contributed by atoms with Crippen molar-refractivity contribution in [1.29, 1.82) is 0 Å². The molecule has 19 heavy (non-hydrogen) atoms. The summed E-state index contributed by atoms with van der Waals surface area (Å²) in [5.41, 5.74) is 0. The third-order valence-corrected chi connectivity index (χ3v) is 5.57. The van der Waals surface area contributed by atoms with Crippen LogP contribution in [0.4, 0.5) is 0 Å². The Bertz CT molecular complexity index is 545. The summed E-state index contributed by atoms with van der Waals surface area (Å²) >= 11 is 12.0. The normalized spacial score (nSPS) is 17.4. The maximum Gasteiger partial charge on any atom is 0.243 e. The van der Waals surface area contributed by atoms with Gasteiger partial charge in [-0.3, -0.25) is 0 Å². The monoisotopic (exact) mass is 323 g/mol. The Morgan fingerprint density at radius 3 is 2.11 bits per heavy atom. The van der Waals surface area contributed by atoms with Crippen molar-refractivity contribution in [2.45, 2.75) is 24.2 Å². The summed E-state index contributed by atoms with van der Waals surface area (Å²) in [6.45, 7) is 1.09. The van der Waals surface area contributed by atoms with Gasteiger partial charge >= 0.3 is 0 Å². The fourth-order valence-electron chi connectivity index (χ4n) is 2.13. The lowest BCUT2D eigenvalue weighted by Gasteiger charge is -2.26. The summed E-state index contributed by atoms with van der Waals surface area (Å²) in [5.74, 6) is 0.293. The average molecular weight is 324 g/mol. The van der Waals surface area contributed by atoms with Gasteiger partial charge in [0.1, 0.15) is 0 Å². The number of hydrogen-bond acceptors (Lipinski definition) is 3. The Hall–Kier alpha value is -0.490. The van der Waals surface area contributed by atoms with Crippen molar-refractivity contribution in [2.75, 3.05) is 20.2 Å². The molecule has 0 aromatic heterocycles. The Morgan fingerprint density at radius 2 is 1.63 bits per heavy atom. The Labute approximate surface area is 123 Å². The SMILES string of the molecule is COc1c(Cl)cc(S(=O)(=O)N2CCCCC2)cc1Cl. The minimum Gasteiger partial charge on any atom is -0.494 e. The van der Waals surface area contributed by atoms with Crippen LogP contribution in [-0.2, 0) is 10.0 Å². The van der Waals surface area contributed by atoms with Crippen molar-refractivity contribution in [3.8, 4) is 5.75 Å². The number of sulfonamides is 1. The lowest BCUT2D eigenvalue weighted by atomic mass is 10.2. The molecular formula is C12H15Cl2NO3S. The highest BCUT2D eigenvalue weighted by Gasteiger charge is 2.27. The van der Waals surface area contributed by atoms with Crippen LogP contribution in [-0.4, -0.2) is 32.9 Å². The van der Waals surface area contributed by atoms with Crippen molar-refractivity contribution < 1.29 is 13.2 Å². The molecule has 7 heteroatoms. The van der Waals surface area contributed by atoms with Crippen LogP contribution in [0.15, 0.2) is 17.0 Å². The molecule has 1 aromatic rings. The van der Waals surface area contributed by atoms with Crippen LogP contribution in [0, 0.1) is 0 Å². The number of nitrogens with zero attached hydrogens (tertiary/aromatic N) is 1. The molecular weight excluding hydrogens is 309 g/mol. The van der Waals surface area contributed by atoms with Gasteiger partial charge in [-0.2, -0.15) is 4.31 Å². The van der Waals surface area contributed by atoms with E-state index in [4.69, 9.17) is 27.9 Å². The Balaban J connectivity index is 2.40. The van der Waals surface area contributed by atoms with Gasteiger partial charge in [-0.25, -0.2) is 8.42 Å². The number of methoxy groups -OCH3 is 1. The summed E-state index contributed by atoms with van der Waals surface area (Å²) in [6, 6.07) is 2.77. The van der Waals surface area contributed by atoms with E-state index in [-0.39, 0.29) is 14.9 Å². The first-order valence-electron chi connectivity index (χ1n) is 6.00. The number of ether oxygens (including phenoxy) is 1. The zero-order chi connectivity index (χ0) is 14.0. The minimum atomic E-state index is -3.52. The van der Waals surface area contributed by atoms with Crippen molar-refractivity contribution in [2.24, 2.45) is 0 Å². The van der Waals surface area contributed by atoms with E-state index in [0.29, 0.717) is 18.8 Å². The molecule has 1 saturated heterocycles. The molecule has 0 radical (unpaired) electrons. The second-order valence-electron chi connectivity index (χ2n) is 4.38. The fourth-order valence-corrected chi connectivity index (χ4v) is 4.48. The van der Waals surface area contributed by atoms with Gasteiger partial charge in [0.2, 0.25) is 10.0 Å². The highest BCUT2D eigenvalue weighted by molar-refractivity contribution is 7.89. The van der Waals surface area contributed by atoms with Crippen molar-refractivity contribution in [3.05, 3.63) is 22.2 Å². The molecule has 0 saturated carbocycles. The van der Waals surface area contributed by atoms with Gasteiger partial charge in [0, 0.05) is 13.1 Å². The van der Waals surface area contributed by atoms with E-state index in [1.807, 2.05) is 0 Å². The molecule has 0 N–H and O–H groups in total. The largest absolute Gasteiger partial charge is 0.494 e. The number of hydrogen-bond donors (Lipinski definition) is 0. The van der Waals surface area contributed by atoms with Gasteiger partial charge in [-0.15, -0.1) is 0 Å². The first-order chi connectivity index (χ1) is 8.96. The molecule has 1 fully saturated rings. The Kier molecular flexibility index (Phi) is 4.61. The van der Waals surface area contributed by atoms with Crippen molar-refractivity contribution in [1.82, 2.24) is 4.31 Å². The molecule has 0 bridgehead atoms. The maximum absolute atomic E-state index is 12.5. The lowest BCUT2D eigenvalue weighted by molar-refractivity contribution is 0.346. The third kappa shape index (κ3) is 2.99. The highest BCUT2D eigenvalue weighted by atomic mass is 35.5. The summed E-state index contributed by atoms with van der Waals surface area (Å²) in [5, 5.41) is 0.399. The quantitative estimate of drug-likeness (QED) is 0.858. The smallest absolute Gasteiger partial charge is 0.243 e. The average Bonchev–Trinajstić information content (AvgIpc) is 2.39. The van der Waals surface area contributed by atoms with E-state index >= 15 is 0 Å². The number of benzene rings is 1. The van der Waals surface area contributed by atoms with Crippen LogP contribution in [0.1, 0.15) is 19.3 Å². The number of halogens is 2. The molecule has 1 aliphatic heterocycles. The van der Waals surface area contributed by atoms with Crippen molar-refractivity contribution >= 4 is 33.2 Å². The summed E-state index contributed by atoms with van der Waals surface area (Å²) in [6.07, 6.45) is 2.84. The predicted octanol–water partition coefficient (Wildman–Crippen LogP) is 3.18. The third-order valence-electron chi connectivity index (χ3n) is 3.13. The lowest BCUT2D eigenvalue weighted by Crippen LogP contribution is -2.35. The van der Waals surface area contributed by atoms with E-state index in [0.717, 1.165) is 19.3 Å². The summed E-state index contributed by atoms with van der Waals surface area (Å²) in [7, 11) is -2.09. The molecule has 0 amide bonds. The zero-order valence-corrected chi connectivity index (χ0v) is 12.9. The second-order valence-corrected chi connectivity index (χ2v) is 7.14. The highest BCUT2D eigenvalue weighted by Crippen LogP contribution is 2.36. The van der Waals surface area contributed by atoms with E-state index in [2.05, 4.69) is 0 Å². The Morgan fingerprint density at radius 1 is 1.11 bits per heavy atom. The van der Waals surface area contributed by atoms with Crippen LogP contribution in [0.3, 0.4) is 0 Å². The molecule has 0 atom stereocenters. The van der Waals surface area contributed by atoms with Gasteiger partial charge in [-0.05, 0) is 25.0 Å². The molecule has 1 aliphatic rings. The van der Waals surface area contributed by atoms with Gasteiger partial charge in [0.05, 0.1) is 22.1 Å². The summed E-state index contributed by atoms with van der Waals surface area (Å²) in [4.78, 5) is 0.116. The van der Waals surface area contributed by atoms with Crippen molar-refractivity contribution in [3.63, 3.8) is 0 Å². The number of piperidine rings is 1. The molecule has 1 heterocycles. The van der Waals surface area contributed by atoms with Gasteiger partial charge in [0.25, 0.3) is 0 Å². The molecule has 2 rings (SSSR count). The van der Waals surface area contributed by atoms with E-state index in [1.54, 1.807) is 0 Å². The van der Waals surface area contributed by atoms with Gasteiger partial charge in [-0.1, -0.05) is 29.6 Å². The van der Waals surface area contributed by atoms with Crippen LogP contribution in [0.5, 0.6) is 5.75 Å². The first-order valence-corrected chi connectivity index (χ1v) is 8.19. The van der Waals surface area contributed by atoms with Gasteiger partial charge < -0.3 is 4.74 Å². The molecule has 0 aliphatic carbocycles. The summed E-state index contributed by atoms with van der Waals surface area (Å²) < 4.78 is 31.4. The zero-order valence-electron chi connectivity index (χ0n) is 10.5. The van der Waals surface area contributed by atoms with Gasteiger partial charge in [0.15, 0.2) is 5.75 Å². The van der Waals surface area contributed by atoms with Crippen LogP contribution >= 0.6 is 23.2 Å². The predicted molar refractivity (Wildman–Crippen MR) is 75.6 cm³/mol. The molecule has 106 valence electrons. The standard InChI is InChI=1S/C12H15Cl2NO3S/c1-18-12-10(13)7-9(8-11(12)14)19(16,17)15-5-3-2-4-6-15/h7-8H,2-6H2,1H3. The van der Waals surface area contributed by atoms with Crippen LogP contribution in [0.2, 0.25) is 10.0 Å². The molecule has 0 spiro atoms. The fraction of sp³-hybridized carbons (Fsp3) is 0.500. The van der Waals surface area contributed by atoms with E-state index in [9.17, 15) is 8.42 Å². The number of rotatable bonds is 3. The molecule has 4 nitrogen and oxygen atoms in total. The van der Waals surface area contributed by atoms with Crippen LogP contribution in [0.25, 0.3) is 0 Å². The topological polar surface area (TPSA) is 46.6 Å². The molecule has 0 unspecified atom stereocenters. The van der Waals surface area contributed by atoms with Crippen LogP contribution < -0.4 is 4.74 Å².